The van der Waals surface area contributed by atoms with Crippen LogP contribution in [0.4, 0.5) is 15.8 Å². The van der Waals surface area contributed by atoms with Gasteiger partial charge in [0.25, 0.3) is 0 Å². The highest BCUT2D eigenvalue weighted by Gasteiger charge is 2.25. The molecule has 7 heteroatoms. The highest BCUT2D eigenvalue weighted by molar-refractivity contribution is 5.65. The van der Waals surface area contributed by atoms with Crippen molar-refractivity contribution in [2.24, 2.45) is 5.41 Å². The van der Waals surface area contributed by atoms with Gasteiger partial charge in [-0.2, -0.15) is 4.39 Å². The Labute approximate surface area is 123 Å². The second-order valence-electron chi connectivity index (χ2n) is 5.83. The normalized spacial score (nSPS) is 12.9. The second kappa shape index (κ2) is 6.71. The minimum Gasteiger partial charge on any atom is -0.497 e. The van der Waals surface area contributed by atoms with Crippen molar-refractivity contribution in [2.75, 3.05) is 19.0 Å². The third-order valence-corrected chi connectivity index (χ3v) is 3.06. The molecule has 0 aliphatic heterocycles. The minimum absolute atomic E-state index is 0.0653. The van der Waals surface area contributed by atoms with E-state index in [9.17, 15) is 19.6 Å². The minimum atomic E-state index is -0.949. The topological polar surface area (TPSA) is 84.6 Å². The lowest BCUT2D eigenvalue weighted by atomic mass is 9.87. The molecule has 0 saturated heterocycles. The van der Waals surface area contributed by atoms with Crippen molar-refractivity contribution in [3.63, 3.8) is 0 Å². The van der Waals surface area contributed by atoms with Gasteiger partial charge in [-0.25, -0.2) is 0 Å². The molecule has 0 saturated carbocycles. The Kier molecular flexibility index (Phi) is 5.48. The Morgan fingerprint density at radius 3 is 2.62 bits per heavy atom. The number of nitrogens with zero attached hydrogens (tertiary/aromatic N) is 1. The van der Waals surface area contributed by atoms with Gasteiger partial charge >= 0.3 is 5.69 Å². The maximum atomic E-state index is 13.8. The van der Waals surface area contributed by atoms with Crippen LogP contribution in [0.25, 0.3) is 0 Å². The molecule has 0 aliphatic rings. The van der Waals surface area contributed by atoms with E-state index in [2.05, 4.69) is 5.32 Å². The first-order valence-electron chi connectivity index (χ1n) is 6.60. The third-order valence-electron chi connectivity index (χ3n) is 3.06. The van der Waals surface area contributed by atoms with Gasteiger partial charge in [-0.3, -0.25) is 10.1 Å². The number of aliphatic hydroxyl groups excluding tert-OH is 1. The second-order valence-corrected chi connectivity index (χ2v) is 5.83. The smallest absolute Gasteiger partial charge is 0.327 e. The fourth-order valence-electron chi connectivity index (χ4n) is 2.22. The molecule has 0 heterocycles. The number of benzene rings is 1. The molecule has 0 fully saturated rings. The Hall–Kier alpha value is -1.89. The van der Waals surface area contributed by atoms with Gasteiger partial charge in [0.1, 0.15) is 11.4 Å². The summed E-state index contributed by atoms with van der Waals surface area (Å²) in [5.74, 6) is -0.746. The van der Waals surface area contributed by atoms with Crippen LogP contribution in [-0.4, -0.2) is 29.8 Å². The molecule has 0 amide bonds. The predicted molar refractivity (Wildman–Crippen MR) is 78.2 cm³/mol. The van der Waals surface area contributed by atoms with E-state index in [1.807, 2.05) is 13.8 Å². The molecule has 118 valence electrons. The summed E-state index contributed by atoms with van der Waals surface area (Å²) in [6.07, 6.45) is 0.0269. The summed E-state index contributed by atoms with van der Waals surface area (Å²) in [6, 6.07) is 2.37. The van der Waals surface area contributed by atoms with E-state index in [-0.39, 0.29) is 16.9 Å². The largest absolute Gasteiger partial charge is 0.497 e. The molecular formula is C14H21FN2O4. The molecule has 0 radical (unpaired) electrons. The Morgan fingerprint density at radius 2 is 2.14 bits per heavy atom. The average molecular weight is 300 g/mol. The van der Waals surface area contributed by atoms with Gasteiger partial charge in [0.05, 0.1) is 18.1 Å². The lowest BCUT2D eigenvalue weighted by Crippen LogP contribution is -2.27. The van der Waals surface area contributed by atoms with E-state index in [1.54, 1.807) is 6.92 Å². The summed E-state index contributed by atoms with van der Waals surface area (Å²) >= 11 is 0. The van der Waals surface area contributed by atoms with E-state index in [0.717, 1.165) is 6.07 Å². The van der Waals surface area contributed by atoms with Crippen LogP contribution in [-0.2, 0) is 0 Å². The van der Waals surface area contributed by atoms with E-state index in [4.69, 9.17) is 4.74 Å². The van der Waals surface area contributed by atoms with Crippen molar-refractivity contribution in [1.82, 2.24) is 0 Å². The fraction of sp³-hybridized carbons (Fsp3) is 0.571. The zero-order chi connectivity index (χ0) is 16.2. The number of nitro groups is 1. The SMILES string of the molecule is COc1cc(F)c([N+](=O)[O-])c(NCC(C)(C)CC(C)O)c1. The first-order chi connectivity index (χ1) is 9.66. The number of hydrogen-bond acceptors (Lipinski definition) is 5. The lowest BCUT2D eigenvalue weighted by molar-refractivity contribution is -0.386. The number of rotatable bonds is 7. The van der Waals surface area contributed by atoms with E-state index in [1.165, 1.54) is 13.2 Å². The van der Waals surface area contributed by atoms with E-state index >= 15 is 0 Å². The number of halogens is 1. The number of methoxy groups -OCH3 is 1. The maximum Gasteiger partial charge on any atom is 0.327 e. The number of nitro benzene ring substituents is 1. The van der Waals surface area contributed by atoms with Crippen LogP contribution in [0.15, 0.2) is 12.1 Å². The van der Waals surface area contributed by atoms with Gasteiger partial charge in [0.2, 0.25) is 5.82 Å². The molecule has 0 aromatic heterocycles. The highest BCUT2D eigenvalue weighted by Crippen LogP contribution is 2.33. The molecule has 21 heavy (non-hydrogen) atoms. The van der Waals surface area contributed by atoms with Crippen molar-refractivity contribution in [2.45, 2.75) is 33.3 Å². The van der Waals surface area contributed by atoms with Crippen molar-refractivity contribution in [3.8, 4) is 5.75 Å². The highest BCUT2D eigenvalue weighted by atomic mass is 19.1. The molecular weight excluding hydrogens is 279 g/mol. The molecule has 6 nitrogen and oxygen atoms in total. The number of hydrogen-bond donors (Lipinski definition) is 2. The van der Waals surface area contributed by atoms with Gasteiger partial charge in [0, 0.05) is 18.7 Å². The van der Waals surface area contributed by atoms with Gasteiger partial charge in [-0.05, 0) is 18.8 Å². The fourth-order valence-corrected chi connectivity index (χ4v) is 2.22. The number of nitrogens with one attached hydrogen (secondary N) is 1. The zero-order valence-electron chi connectivity index (χ0n) is 12.6. The number of anilines is 1. The van der Waals surface area contributed by atoms with Crippen LogP contribution in [0.3, 0.4) is 0 Å². The van der Waals surface area contributed by atoms with Crippen LogP contribution in [0, 0.1) is 21.3 Å². The van der Waals surface area contributed by atoms with Crippen LogP contribution < -0.4 is 10.1 Å². The Bertz CT molecular complexity index is 518. The van der Waals surface area contributed by atoms with Gasteiger partial charge < -0.3 is 15.2 Å². The van der Waals surface area contributed by atoms with E-state index < -0.39 is 22.5 Å². The summed E-state index contributed by atoms with van der Waals surface area (Å²) in [5.41, 5.74) is -0.846. The van der Waals surface area contributed by atoms with Crippen molar-refractivity contribution in [1.29, 1.82) is 0 Å². The van der Waals surface area contributed by atoms with Crippen LogP contribution in [0.2, 0.25) is 0 Å². The summed E-state index contributed by atoms with van der Waals surface area (Å²) in [6.45, 7) is 5.85. The monoisotopic (exact) mass is 300 g/mol. The summed E-state index contributed by atoms with van der Waals surface area (Å²) in [5, 5.41) is 23.3. The summed E-state index contributed by atoms with van der Waals surface area (Å²) in [4.78, 5) is 10.2. The lowest BCUT2D eigenvalue weighted by Gasteiger charge is -2.26. The van der Waals surface area contributed by atoms with Crippen molar-refractivity contribution < 1.29 is 19.2 Å². The third kappa shape index (κ3) is 4.86. The van der Waals surface area contributed by atoms with Crippen LogP contribution in [0.1, 0.15) is 27.2 Å². The molecule has 1 aromatic rings. The van der Waals surface area contributed by atoms with Gasteiger partial charge in [0.15, 0.2) is 0 Å². The van der Waals surface area contributed by atoms with Gasteiger partial charge in [-0.1, -0.05) is 13.8 Å². The Balaban J connectivity index is 3.01. The molecule has 1 unspecified atom stereocenters. The standard InChI is InChI=1S/C14H21FN2O4/c1-9(18)7-14(2,3)8-16-12-6-10(21-4)5-11(15)13(12)17(19)20/h5-6,9,16,18H,7-8H2,1-4H3. The first kappa shape index (κ1) is 17.2. The summed E-state index contributed by atoms with van der Waals surface area (Å²) in [7, 11) is 1.36. The van der Waals surface area contributed by atoms with Crippen LogP contribution in [0.5, 0.6) is 5.75 Å². The number of ether oxygens (including phenoxy) is 1. The van der Waals surface area contributed by atoms with Crippen molar-refractivity contribution in [3.05, 3.63) is 28.1 Å². The van der Waals surface area contributed by atoms with Crippen molar-refractivity contribution >= 4 is 11.4 Å². The first-order valence-corrected chi connectivity index (χ1v) is 6.60. The number of aliphatic hydroxyl groups is 1. The molecule has 0 spiro atoms. The predicted octanol–water partition coefficient (Wildman–Crippen LogP) is 2.95. The molecule has 2 N–H and O–H groups in total. The average Bonchev–Trinajstić information content (AvgIpc) is 2.33. The quantitative estimate of drug-likeness (QED) is 0.597. The van der Waals surface area contributed by atoms with E-state index in [0.29, 0.717) is 13.0 Å². The van der Waals surface area contributed by atoms with Gasteiger partial charge in [-0.15, -0.1) is 0 Å². The maximum absolute atomic E-state index is 13.8. The molecule has 0 bridgehead atoms. The summed E-state index contributed by atoms with van der Waals surface area (Å²) < 4.78 is 18.7. The Morgan fingerprint density at radius 1 is 1.52 bits per heavy atom. The zero-order valence-corrected chi connectivity index (χ0v) is 12.6. The molecule has 1 aromatic carbocycles. The molecule has 1 rings (SSSR count). The molecule has 0 aliphatic carbocycles. The molecule has 1 atom stereocenters. The van der Waals surface area contributed by atoms with Crippen LogP contribution >= 0.6 is 0 Å².